The highest BCUT2D eigenvalue weighted by atomic mass is 16.6. The van der Waals surface area contributed by atoms with E-state index in [9.17, 15) is 14.9 Å². The van der Waals surface area contributed by atoms with Crippen molar-refractivity contribution in [3.8, 4) is 0 Å². The second-order valence-corrected chi connectivity index (χ2v) is 3.28. The Morgan fingerprint density at radius 1 is 1.62 bits per heavy atom. The van der Waals surface area contributed by atoms with Crippen LogP contribution in [0.15, 0.2) is 18.3 Å². The van der Waals surface area contributed by atoms with Gasteiger partial charge in [-0.15, -0.1) is 0 Å². The van der Waals surface area contributed by atoms with Gasteiger partial charge in [0, 0.05) is 18.7 Å². The molecule has 6 nitrogen and oxygen atoms in total. The summed E-state index contributed by atoms with van der Waals surface area (Å²) >= 11 is 0. The Morgan fingerprint density at radius 2 is 2.38 bits per heavy atom. The van der Waals surface area contributed by atoms with Crippen LogP contribution in [0.1, 0.15) is 26.2 Å². The quantitative estimate of drug-likeness (QED) is 0.612. The molecule has 0 fully saturated rings. The van der Waals surface area contributed by atoms with Crippen LogP contribution in [-0.2, 0) is 4.79 Å². The molecule has 1 amide bonds. The van der Waals surface area contributed by atoms with E-state index in [-0.39, 0.29) is 17.4 Å². The fourth-order valence-electron chi connectivity index (χ4n) is 1.17. The van der Waals surface area contributed by atoms with E-state index in [0.29, 0.717) is 6.42 Å². The van der Waals surface area contributed by atoms with Crippen molar-refractivity contribution in [2.24, 2.45) is 0 Å². The lowest BCUT2D eigenvalue weighted by molar-refractivity contribution is -0.384. The molecule has 1 rings (SSSR count). The maximum absolute atomic E-state index is 11.4. The molecule has 0 atom stereocenters. The molecule has 0 bridgehead atoms. The van der Waals surface area contributed by atoms with Crippen LogP contribution in [0.3, 0.4) is 0 Å². The monoisotopic (exact) mass is 223 g/mol. The van der Waals surface area contributed by atoms with Gasteiger partial charge in [-0.05, 0) is 12.5 Å². The zero-order chi connectivity index (χ0) is 12.0. The maximum Gasteiger partial charge on any atom is 0.311 e. The minimum Gasteiger partial charge on any atom is -0.305 e. The number of rotatable bonds is 5. The molecular weight excluding hydrogens is 210 g/mol. The van der Waals surface area contributed by atoms with Crippen LogP contribution in [0.25, 0.3) is 0 Å². The Labute approximate surface area is 92.8 Å². The molecular formula is C10H13N3O3. The summed E-state index contributed by atoms with van der Waals surface area (Å²) in [4.78, 5) is 25.2. The maximum atomic E-state index is 11.4. The molecule has 1 aromatic heterocycles. The van der Waals surface area contributed by atoms with Gasteiger partial charge in [0.2, 0.25) is 11.7 Å². The van der Waals surface area contributed by atoms with Crippen molar-refractivity contribution in [3.05, 3.63) is 28.4 Å². The summed E-state index contributed by atoms with van der Waals surface area (Å²) in [5, 5.41) is 13.1. The third-order valence-corrected chi connectivity index (χ3v) is 2.00. The first kappa shape index (κ1) is 12.1. The summed E-state index contributed by atoms with van der Waals surface area (Å²) in [5.41, 5.74) is -0.188. The second-order valence-electron chi connectivity index (χ2n) is 3.28. The number of amides is 1. The molecule has 0 aliphatic carbocycles. The fraction of sp³-hybridized carbons (Fsp3) is 0.400. The molecule has 0 aromatic carbocycles. The van der Waals surface area contributed by atoms with Gasteiger partial charge < -0.3 is 5.32 Å². The summed E-state index contributed by atoms with van der Waals surface area (Å²) in [6, 6.07) is 2.77. The van der Waals surface area contributed by atoms with Crippen molar-refractivity contribution >= 4 is 17.4 Å². The van der Waals surface area contributed by atoms with Gasteiger partial charge in [0.15, 0.2) is 0 Å². The molecule has 1 heterocycles. The third kappa shape index (κ3) is 3.30. The first-order chi connectivity index (χ1) is 7.65. The fourth-order valence-corrected chi connectivity index (χ4v) is 1.17. The molecule has 0 radical (unpaired) electrons. The first-order valence-corrected chi connectivity index (χ1v) is 5.04. The highest BCUT2D eigenvalue weighted by molar-refractivity contribution is 5.91. The van der Waals surface area contributed by atoms with Crippen LogP contribution in [0.5, 0.6) is 0 Å². The molecule has 0 unspecified atom stereocenters. The summed E-state index contributed by atoms with van der Waals surface area (Å²) in [6.45, 7) is 1.97. The zero-order valence-corrected chi connectivity index (χ0v) is 8.97. The molecule has 1 aromatic rings. The van der Waals surface area contributed by atoms with Crippen LogP contribution in [0.2, 0.25) is 0 Å². The Morgan fingerprint density at radius 3 is 3.00 bits per heavy atom. The van der Waals surface area contributed by atoms with Crippen molar-refractivity contribution in [2.75, 3.05) is 5.32 Å². The van der Waals surface area contributed by atoms with Crippen LogP contribution in [-0.4, -0.2) is 15.8 Å². The predicted molar refractivity (Wildman–Crippen MR) is 59.0 cm³/mol. The van der Waals surface area contributed by atoms with Gasteiger partial charge in [0.05, 0.1) is 4.92 Å². The van der Waals surface area contributed by atoms with Crippen molar-refractivity contribution in [3.63, 3.8) is 0 Å². The van der Waals surface area contributed by atoms with Crippen LogP contribution < -0.4 is 5.32 Å². The zero-order valence-electron chi connectivity index (χ0n) is 8.97. The van der Waals surface area contributed by atoms with Crippen LogP contribution in [0, 0.1) is 10.1 Å². The second kappa shape index (κ2) is 5.79. The van der Waals surface area contributed by atoms with Crippen molar-refractivity contribution in [2.45, 2.75) is 26.2 Å². The normalized spacial score (nSPS) is 9.81. The van der Waals surface area contributed by atoms with Crippen LogP contribution >= 0.6 is 0 Å². The van der Waals surface area contributed by atoms with E-state index in [2.05, 4.69) is 10.3 Å². The van der Waals surface area contributed by atoms with Crippen molar-refractivity contribution in [1.29, 1.82) is 0 Å². The number of pyridine rings is 1. The number of nitro groups is 1. The van der Waals surface area contributed by atoms with E-state index < -0.39 is 4.92 Å². The topological polar surface area (TPSA) is 85.1 Å². The van der Waals surface area contributed by atoms with E-state index in [1.807, 2.05) is 6.92 Å². The Bertz CT molecular complexity index is 393. The van der Waals surface area contributed by atoms with Crippen LogP contribution in [0.4, 0.5) is 11.5 Å². The average molecular weight is 223 g/mol. The number of carbonyl (C=O) groups excluding carboxylic acids is 1. The van der Waals surface area contributed by atoms with Gasteiger partial charge >= 0.3 is 5.69 Å². The number of unbranched alkanes of at least 4 members (excludes halogenated alkanes) is 1. The standard InChI is InChI=1S/C10H13N3O3/c1-2-3-6-9(14)12-10-8(13(15)16)5-4-7-11-10/h4-5,7H,2-3,6H2,1H3,(H,11,12,14). The Hall–Kier alpha value is -1.98. The molecule has 0 saturated carbocycles. The number of carbonyl (C=O) groups is 1. The predicted octanol–water partition coefficient (Wildman–Crippen LogP) is 2.12. The third-order valence-electron chi connectivity index (χ3n) is 2.00. The lowest BCUT2D eigenvalue weighted by atomic mass is 10.2. The highest BCUT2D eigenvalue weighted by Crippen LogP contribution is 2.20. The minimum atomic E-state index is -0.567. The molecule has 86 valence electrons. The largest absolute Gasteiger partial charge is 0.311 e. The van der Waals surface area contributed by atoms with Gasteiger partial charge in [0.25, 0.3) is 0 Å². The SMILES string of the molecule is CCCCC(=O)Nc1ncccc1[N+](=O)[O-]. The van der Waals surface area contributed by atoms with E-state index >= 15 is 0 Å². The Balaban J connectivity index is 2.73. The van der Waals surface area contributed by atoms with Crippen molar-refractivity contribution in [1.82, 2.24) is 4.98 Å². The van der Waals surface area contributed by atoms with E-state index in [4.69, 9.17) is 0 Å². The molecule has 16 heavy (non-hydrogen) atoms. The molecule has 6 heteroatoms. The molecule has 0 spiro atoms. The molecule has 1 N–H and O–H groups in total. The number of hydrogen-bond donors (Lipinski definition) is 1. The number of nitrogens with one attached hydrogen (secondary N) is 1. The van der Waals surface area contributed by atoms with E-state index in [1.165, 1.54) is 18.3 Å². The minimum absolute atomic E-state index is 0.00797. The van der Waals surface area contributed by atoms with Crippen molar-refractivity contribution < 1.29 is 9.72 Å². The average Bonchev–Trinajstić information content (AvgIpc) is 2.27. The van der Waals surface area contributed by atoms with Gasteiger partial charge in [-0.1, -0.05) is 13.3 Å². The van der Waals surface area contributed by atoms with Gasteiger partial charge in [0.1, 0.15) is 0 Å². The molecule has 0 aliphatic rings. The van der Waals surface area contributed by atoms with Gasteiger partial charge in [-0.25, -0.2) is 4.98 Å². The Kier molecular flexibility index (Phi) is 4.38. The van der Waals surface area contributed by atoms with E-state index in [1.54, 1.807) is 0 Å². The van der Waals surface area contributed by atoms with E-state index in [0.717, 1.165) is 12.8 Å². The first-order valence-electron chi connectivity index (χ1n) is 5.04. The number of hydrogen-bond acceptors (Lipinski definition) is 4. The summed E-state index contributed by atoms with van der Waals surface area (Å²) in [5.74, 6) is -0.239. The smallest absolute Gasteiger partial charge is 0.305 e. The number of anilines is 1. The summed E-state index contributed by atoms with van der Waals surface area (Å²) < 4.78 is 0. The molecule has 0 aliphatic heterocycles. The summed E-state index contributed by atoms with van der Waals surface area (Å²) in [6.07, 6.45) is 3.41. The number of aromatic nitrogens is 1. The lowest BCUT2D eigenvalue weighted by Gasteiger charge is -2.03. The lowest BCUT2D eigenvalue weighted by Crippen LogP contribution is -2.13. The van der Waals surface area contributed by atoms with Gasteiger partial charge in [-0.2, -0.15) is 0 Å². The number of nitrogens with zero attached hydrogens (tertiary/aromatic N) is 2. The molecule has 0 saturated heterocycles. The summed E-state index contributed by atoms with van der Waals surface area (Å²) in [7, 11) is 0. The van der Waals surface area contributed by atoms with Gasteiger partial charge in [-0.3, -0.25) is 14.9 Å². The highest BCUT2D eigenvalue weighted by Gasteiger charge is 2.15.